The molecule has 0 heterocycles. The predicted octanol–water partition coefficient (Wildman–Crippen LogP) is 18.6. The maximum absolute atomic E-state index is 2.38. The zero-order chi connectivity index (χ0) is 46.2. The minimum Gasteiger partial charge on any atom is -0.311 e. The van der Waals surface area contributed by atoms with E-state index in [-0.39, 0.29) is 0 Å². The number of rotatable bonds is 12. The number of benzene rings is 10. The summed E-state index contributed by atoms with van der Waals surface area (Å²) in [6.07, 6.45) is 9.96. The van der Waals surface area contributed by atoms with Crippen molar-refractivity contribution >= 4 is 34.0 Å². The van der Waals surface area contributed by atoms with Gasteiger partial charge in [-0.2, -0.15) is 0 Å². The van der Waals surface area contributed by atoms with Gasteiger partial charge in [-0.05, 0) is 140 Å². The maximum Gasteiger partial charge on any atom is 0.0467 e. The summed E-state index contributed by atoms with van der Waals surface area (Å²) in [6.45, 7) is 0. The molecule has 328 valence electrons. The van der Waals surface area contributed by atoms with Crippen LogP contribution in [0.5, 0.6) is 0 Å². The van der Waals surface area contributed by atoms with E-state index < -0.39 is 0 Å². The Labute approximate surface area is 406 Å². The first-order valence-electron chi connectivity index (χ1n) is 23.7. The second kappa shape index (κ2) is 19.9. The smallest absolute Gasteiger partial charge is 0.0467 e. The first kappa shape index (κ1) is 42.6. The fourth-order valence-corrected chi connectivity index (χ4v) is 9.29. The highest BCUT2D eigenvalue weighted by Crippen LogP contribution is 2.40. The fraction of sp³-hybridized carbons (Fsp3) is 0.0149. The van der Waals surface area contributed by atoms with Gasteiger partial charge in [0, 0.05) is 34.1 Å². The Morgan fingerprint density at radius 3 is 0.971 bits per heavy atom. The molecular weight excluding hydrogens is 833 g/mol. The van der Waals surface area contributed by atoms with Crippen molar-refractivity contribution in [2.75, 3.05) is 9.80 Å². The summed E-state index contributed by atoms with van der Waals surface area (Å²) in [5.74, 6) is 0. The van der Waals surface area contributed by atoms with Gasteiger partial charge < -0.3 is 9.80 Å². The largest absolute Gasteiger partial charge is 0.311 e. The molecule has 69 heavy (non-hydrogen) atoms. The van der Waals surface area contributed by atoms with Crippen LogP contribution in [0.3, 0.4) is 0 Å². The van der Waals surface area contributed by atoms with Gasteiger partial charge >= 0.3 is 0 Å². The van der Waals surface area contributed by atoms with Crippen LogP contribution in [0.4, 0.5) is 28.4 Å². The number of nitrogens with zero attached hydrogens (tertiary/aromatic N) is 2. The highest BCUT2D eigenvalue weighted by atomic mass is 15.1. The molecule has 0 radical (unpaired) electrons. The molecule has 0 saturated carbocycles. The van der Waals surface area contributed by atoms with E-state index in [4.69, 9.17) is 0 Å². The van der Waals surface area contributed by atoms with Gasteiger partial charge in [0.25, 0.3) is 0 Å². The summed E-state index contributed by atoms with van der Waals surface area (Å²) in [7, 11) is 0. The van der Waals surface area contributed by atoms with Crippen LogP contribution in [0, 0.1) is 0 Å². The molecule has 2 heteroatoms. The Hall–Kier alpha value is -8.98. The van der Waals surface area contributed by atoms with Crippen molar-refractivity contribution in [2.24, 2.45) is 0 Å². The van der Waals surface area contributed by atoms with Gasteiger partial charge in [0.1, 0.15) is 0 Å². The first-order chi connectivity index (χ1) is 34.2. The molecule has 0 N–H and O–H groups in total. The molecule has 10 aromatic rings. The molecule has 0 amide bonds. The number of allylic oxidation sites excluding steroid dienone is 5. The lowest BCUT2D eigenvalue weighted by atomic mass is 9.99. The van der Waals surface area contributed by atoms with Crippen LogP contribution in [-0.4, -0.2) is 0 Å². The van der Waals surface area contributed by atoms with Gasteiger partial charge in [0.15, 0.2) is 0 Å². The van der Waals surface area contributed by atoms with Gasteiger partial charge in [0.05, 0.1) is 0 Å². The summed E-state index contributed by atoms with van der Waals surface area (Å²) < 4.78 is 0. The van der Waals surface area contributed by atoms with Crippen molar-refractivity contribution in [3.05, 3.63) is 302 Å². The zero-order valence-electron chi connectivity index (χ0n) is 38.3. The van der Waals surface area contributed by atoms with Crippen molar-refractivity contribution in [1.82, 2.24) is 0 Å². The van der Waals surface area contributed by atoms with Crippen molar-refractivity contribution in [3.8, 4) is 55.6 Å². The third kappa shape index (κ3) is 9.51. The van der Waals surface area contributed by atoms with E-state index in [1.54, 1.807) is 0 Å². The first-order valence-corrected chi connectivity index (χ1v) is 23.7. The maximum atomic E-state index is 2.38. The van der Waals surface area contributed by atoms with E-state index in [0.29, 0.717) is 0 Å². The lowest BCUT2D eigenvalue weighted by molar-refractivity contribution is 1.18. The summed E-state index contributed by atoms with van der Waals surface area (Å²) in [4.78, 5) is 4.72. The van der Waals surface area contributed by atoms with Gasteiger partial charge in [-0.15, -0.1) is 0 Å². The van der Waals surface area contributed by atoms with Crippen LogP contribution in [0.25, 0.3) is 61.2 Å². The Bertz CT molecular complexity index is 3370. The molecule has 0 fully saturated rings. The van der Waals surface area contributed by atoms with Gasteiger partial charge in [-0.3, -0.25) is 0 Å². The monoisotopic (exact) mass is 882 g/mol. The second-order valence-corrected chi connectivity index (χ2v) is 17.3. The van der Waals surface area contributed by atoms with E-state index in [0.717, 1.165) is 40.6 Å². The van der Waals surface area contributed by atoms with E-state index in [1.807, 2.05) is 0 Å². The number of anilines is 5. The lowest BCUT2D eigenvalue weighted by Gasteiger charge is -2.27. The Morgan fingerprint density at radius 1 is 0.246 bits per heavy atom. The summed E-state index contributed by atoms with van der Waals surface area (Å²) >= 11 is 0. The van der Waals surface area contributed by atoms with Crippen molar-refractivity contribution in [1.29, 1.82) is 0 Å². The van der Waals surface area contributed by atoms with Gasteiger partial charge in [0.2, 0.25) is 0 Å². The normalized spacial score (nSPS) is 12.1. The standard InChI is InChI=1S/C67H50N2/c1-5-16-50(17-6-1)56-32-40-62(41-33-56)68(66-26-14-13-24-60(48-66)52-20-9-3-10-21-52)63-44-36-58(37-45-63)54-28-30-55(31-29-54)59-38-46-65(47-39-59)69(64-42-34-57(35-43-64)51-18-7-2-8-19-51)67-27-15-25-61(49-67)53-22-11-4-12-23-53/h1-13,15-49H,14H2. The predicted molar refractivity (Wildman–Crippen MR) is 293 cm³/mol. The molecule has 1 aliphatic rings. The van der Waals surface area contributed by atoms with E-state index >= 15 is 0 Å². The summed E-state index contributed by atoms with van der Waals surface area (Å²) in [5.41, 5.74) is 20.9. The second-order valence-electron chi connectivity index (χ2n) is 17.3. The SMILES string of the molecule is C1=CC(c2ccccc2)=CC(N(c2ccc(-c3ccccc3)cc2)c2ccc(-c3ccc(-c4ccc(N(c5ccc(-c6ccccc6)cc5)c5cccc(-c6ccccc6)c5)cc4)cc3)cc2)=CC1. The van der Waals surface area contributed by atoms with E-state index in [9.17, 15) is 0 Å². The van der Waals surface area contributed by atoms with Crippen LogP contribution < -0.4 is 9.80 Å². The Morgan fingerprint density at radius 2 is 0.565 bits per heavy atom. The van der Waals surface area contributed by atoms with Crippen molar-refractivity contribution in [2.45, 2.75) is 6.42 Å². The summed E-state index contributed by atoms with van der Waals surface area (Å²) in [6, 6.07) is 95.9. The molecule has 0 atom stereocenters. The molecule has 2 nitrogen and oxygen atoms in total. The third-order valence-corrected chi connectivity index (χ3v) is 12.9. The highest BCUT2D eigenvalue weighted by molar-refractivity contribution is 5.84. The zero-order valence-corrected chi connectivity index (χ0v) is 38.3. The summed E-state index contributed by atoms with van der Waals surface area (Å²) in [5, 5.41) is 0. The minimum absolute atomic E-state index is 0.845. The highest BCUT2D eigenvalue weighted by Gasteiger charge is 2.18. The van der Waals surface area contributed by atoms with Gasteiger partial charge in [-0.1, -0.05) is 224 Å². The average molecular weight is 883 g/mol. The molecular formula is C67H50N2. The topological polar surface area (TPSA) is 6.48 Å². The lowest BCUT2D eigenvalue weighted by Crippen LogP contribution is -2.15. The van der Waals surface area contributed by atoms with Crippen molar-refractivity contribution in [3.63, 3.8) is 0 Å². The molecule has 0 aromatic heterocycles. The quantitative estimate of drug-likeness (QED) is 0.121. The van der Waals surface area contributed by atoms with Crippen LogP contribution in [0.2, 0.25) is 0 Å². The molecule has 1 aliphatic carbocycles. The molecule has 0 aliphatic heterocycles. The molecule has 11 rings (SSSR count). The van der Waals surface area contributed by atoms with Crippen LogP contribution >= 0.6 is 0 Å². The molecule has 0 unspecified atom stereocenters. The van der Waals surface area contributed by atoms with Crippen molar-refractivity contribution < 1.29 is 0 Å². The van der Waals surface area contributed by atoms with Crippen LogP contribution in [0.15, 0.2) is 297 Å². The fourth-order valence-electron chi connectivity index (χ4n) is 9.29. The third-order valence-electron chi connectivity index (χ3n) is 12.9. The Kier molecular flexibility index (Phi) is 12.3. The van der Waals surface area contributed by atoms with E-state index in [2.05, 4.69) is 301 Å². The number of hydrogen-bond donors (Lipinski definition) is 0. The van der Waals surface area contributed by atoms with Crippen LogP contribution in [-0.2, 0) is 0 Å². The van der Waals surface area contributed by atoms with E-state index in [1.165, 1.54) is 66.8 Å². The minimum atomic E-state index is 0.845. The van der Waals surface area contributed by atoms with Crippen LogP contribution in [0.1, 0.15) is 12.0 Å². The Balaban J connectivity index is 0.871. The van der Waals surface area contributed by atoms with Gasteiger partial charge in [-0.25, -0.2) is 0 Å². The molecule has 0 bridgehead atoms. The molecule has 0 spiro atoms. The molecule has 0 saturated heterocycles. The number of hydrogen-bond acceptors (Lipinski definition) is 2. The average Bonchev–Trinajstić information content (AvgIpc) is 3.69. The molecule has 10 aromatic carbocycles.